The molecule has 0 spiro atoms. The molecular formula is C21H19NO5. The maximum absolute atomic E-state index is 12.4. The van der Waals surface area contributed by atoms with Crippen LogP contribution in [0.25, 0.3) is 0 Å². The summed E-state index contributed by atoms with van der Waals surface area (Å²) >= 11 is 0. The van der Waals surface area contributed by atoms with Crippen molar-refractivity contribution in [3.63, 3.8) is 0 Å². The molecule has 0 saturated carbocycles. The third-order valence-electron chi connectivity index (χ3n) is 3.80. The number of likely N-dealkylation sites (N-methyl/N-ethyl adjacent to an activating group) is 1. The lowest BCUT2D eigenvalue weighted by atomic mass is 10.2. The molecule has 0 aliphatic rings. The molecule has 2 aromatic carbocycles. The second kappa shape index (κ2) is 8.71. The fourth-order valence-corrected chi connectivity index (χ4v) is 2.38. The van der Waals surface area contributed by atoms with Crippen LogP contribution in [0.15, 0.2) is 77.4 Å². The Labute approximate surface area is 156 Å². The molecule has 1 amide bonds. The summed E-state index contributed by atoms with van der Waals surface area (Å²) in [6.07, 6.45) is 1.54. The molecular weight excluding hydrogens is 346 g/mol. The van der Waals surface area contributed by atoms with Gasteiger partial charge in [-0.25, -0.2) is 4.79 Å². The first-order chi connectivity index (χ1) is 13.1. The number of amides is 1. The Morgan fingerprint density at radius 2 is 1.70 bits per heavy atom. The first-order valence-corrected chi connectivity index (χ1v) is 8.39. The molecule has 0 atom stereocenters. The van der Waals surface area contributed by atoms with E-state index in [4.69, 9.17) is 13.9 Å². The summed E-state index contributed by atoms with van der Waals surface area (Å²) in [6.45, 7) is -0.0627. The molecule has 6 nitrogen and oxygen atoms in total. The monoisotopic (exact) mass is 365 g/mol. The van der Waals surface area contributed by atoms with Crippen LogP contribution < -0.4 is 4.74 Å². The van der Waals surface area contributed by atoms with Crippen molar-refractivity contribution in [3.8, 4) is 11.5 Å². The van der Waals surface area contributed by atoms with Gasteiger partial charge in [-0.15, -0.1) is 0 Å². The summed E-state index contributed by atoms with van der Waals surface area (Å²) in [4.78, 5) is 26.0. The average molecular weight is 365 g/mol. The Morgan fingerprint density at radius 3 is 2.44 bits per heavy atom. The Bertz CT molecular complexity index is 890. The van der Waals surface area contributed by atoms with Crippen molar-refractivity contribution in [2.75, 3.05) is 13.7 Å². The Kier molecular flexibility index (Phi) is 5.89. The number of carbonyl (C=O) groups excluding carboxylic acids is 2. The minimum absolute atomic E-state index is 0.253. The van der Waals surface area contributed by atoms with E-state index in [9.17, 15) is 9.59 Å². The van der Waals surface area contributed by atoms with E-state index >= 15 is 0 Å². The second-order valence-electron chi connectivity index (χ2n) is 5.82. The molecule has 0 radical (unpaired) electrons. The zero-order valence-electron chi connectivity index (χ0n) is 14.8. The average Bonchev–Trinajstić information content (AvgIpc) is 3.20. The Balaban J connectivity index is 1.60. The molecule has 0 aliphatic heterocycles. The number of ether oxygens (including phenoxy) is 2. The number of hydrogen-bond acceptors (Lipinski definition) is 5. The summed E-state index contributed by atoms with van der Waals surface area (Å²) in [6, 6.07) is 19.4. The van der Waals surface area contributed by atoms with E-state index in [2.05, 4.69) is 0 Å². The molecule has 27 heavy (non-hydrogen) atoms. The van der Waals surface area contributed by atoms with Gasteiger partial charge in [-0.2, -0.15) is 0 Å². The Morgan fingerprint density at radius 1 is 0.963 bits per heavy atom. The fourth-order valence-electron chi connectivity index (χ4n) is 2.38. The van der Waals surface area contributed by atoms with E-state index in [1.165, 1.54) is 11.2 Å². The molecule has 1 heterocycles. The summed E-state index contributed by atoms with van der Waals surface area (Å²) in [7, 11) is 1.62. The molecule has 0 N–H and O–H groups in total. The SMILES string of the molecule is CN(Cc1ccco1)C(=O)COC(=O)c1ccccc1Oc1ccccc1. The molecule has 0 aliphatic carbocycles. The lowest BCUT2D eigenvalue weighted by molar-refractivity contribution is -0.134. The van der Waals surface area contributed by atoms with Gasteiger partial charge in [0.1, 0.15) is 22.8 Å². The van der Waals surface area contributed by atoms with Gasteiger partial charge in [0.15, 0.2) is 6.61 Å². The van der Waals surface area contributed by atoms with Crippen molar-refractivity contribution < 1.29 is 23.5 Å². The highest BCUT2D eigenvalue weighted by molar-refractivity contribution is 5.94. The Hall–Kier alpha value is -3.54. The molecule has 3 aromatic rings. The molecule has 0 bridgehead atoms. The van der Waals surface area contributed by atoms with Gasteiger partial charge in [0.2, 0.25) is 0 Å². The molecule has 0 unspecified atom stereocenters. The van der Waals surface area contributed by atoms with Gasteiger partial charge in [0, 0.05) is 7.05 Å². The van der Waals surface area contributed by atoms with Crippen LogP contribution in [-0.2, 0) is 16.1 Å². The van der Waals surface area contributed by atoms with Crippen molar-refractivity contribution in [3.05, 3.63) is 84.3 Å². The number of rotatable bonds is 7. The van der Waals surface area contributed by atoms with Crippen LogP contribution in [0.5, 0.6) is 11.5 Å². The molecule has 6 heteroatoms. The van der Waals surface area contributed by atoms with E-state index in [0.717, 1.165) is 0 Å². The van der Waals surface area contributed by atoms with Gasteiger partial charge >= 0.3 is 5.97 Å². The predicted octanol–water partition coefficient (Wildman–Crippen LogP) is 3.89. The lowest BCUT2D eigenvalue weighted by Gasteiger charge is -2.16. The molecule has 1 aromatic heterocycles. The molecule has 138 valence electrons. The molecule has 3 rings (SSSR count). The topological polar surface area (TPSA) is 69.0 Å². The molecule has 0 saturated heterocycles. The van der Waals surface area contributed by atoms with Crippen LogP contribution in [0.4, 0.5) is 0 Å². The van der Waals surface area contributed by atoms with Gasteiger partial charge in [-0.05, 0) is 36.4 Å². The number of benzene rings is 2. The summed E-state index contributed by atoms with van der Waals surface area (Å²) < 4.78 is 16.1. The van der Waals surface area contributed by atoms with Crippen LogP contribution in [0.3, 0.4) is 0 Å². The highest BCUT2D eigenvalue weighted by atomic mass is 16.5. The first-order valence-electron chi connectivity index (χ1n) is 8.39. The zero-order chi connectivity index (χ0) is 19.1. The van der Waals surface area contributed by atoms with Crippen molar-refractivity contribution in [2.24, 2.45) is 0 Å². The number of hydrogen-bond donors (Lipinski definition) is 0. The standard InChI is InChI=1S/C21H19NO5/c1-22(14-17-10-7-13-25-17)20(23)15-26-21(24)18-11-5-6-12-19(18)27-16-8-3-2-4-9-16/h2-13H,14-15H2,1H3. The van der Waals surface area contributed by atoms with E-state index in [1.807, 2.05) is 18.2 Å². The van der Waals surface area contributed by atoms with Crippen LogP contribution in [0.2, 0.25) is 0 Å². The zero-order valence-corrected chi connectivity index (χ0v) is 14.8. The van der Waals surface area contributed by atoms with Crippen LogP contribution in [0.1, 0.15) is 16.1 Å². The predicted molar refractivity (Wildman–Crippen MR) is 98.4 cm³/mol. The number of para-hydroxylation sites is 2. The van der Waals surface area contributed by atoms with E-state index < -0.39 is 5.97 Å². The number of esters is 1. The van der Waals surface area contributed by atoms with Gasteiger partial charge < -0.3 is 18.8 Å². The molecule has 0 fully saturated rings. The normalized spacial score (nSPS) is 10.3. The van der Waals surface area contributed by atoms with E-state index in [0.29, 0.717) is 23.8 Å². The van der Waals surface area contributed by atoms with Gasteiger partial charge in [0.05, 0.1) is 12.8 Å². The van der Waals surface area contributed by atoms with Crippen molar-refractivity contribution in [2.45, 2.75) is 6.54 Å². The van der Waals surface area contributed by atoms with Crippen molar-refractivity contribution in [1.29, 1.82) is 0 Å². The maximum atomic E-state index is 12.4. The van der Waals surface area contributed by atoms with Gasteiger partial charge in [0.25, 0.3) is 5.91 Å². The highest BCUT2D eigenvalue weighted by Gasteiger charge is 2.18. The third kappa shape index (κ3) is 4.98. The van der Waals surface area contributed by atoms with E-state index in [1.54, 1.807) is 55.6 Å². The summed E-state index contributed by atoms with van der Waals surface area (Å²) in [5, 5.41) is 0. The lowest BCUT2D eigenvalue weighted by Crippen LogP contribution is -2.30. The fraction of sp³-hybridized carbons (Fsp3) is 0.143. The van der Waals surface area contributed by atoms with Crippen molar-refractivity contribution in [1.82, 2.24) is 4.90 Å². The maximum Gasteiger partial charge on any atom is 0.342 e. The highest BCUT2D eigenvalue weighted by Crippen LogP contribution is 2.25. The van der Waals surface area contributed by atoms with Crippen molar-refractivity contribution >= 4 is 11.9 Å². The van der Waals surface area contributed by atoms with Crippen LogP contribution in [0, 0.1) is 0 Å². The number of nitrogens with zero attached hydrogens (tertiary/aromatic N) is 1. The quantitative estimate of drug-likeness (QED) is 0.594. The summed E-state index contributed by atoms with van der Waals surface area (Å²) in [5.41, 5.74) is 0.253. The second-order valence-corrected chi connectivity index (χ2v) is 5.82. The third-order valence-corrected chi connectivity index (χ3v) is 3.80. The minimum atomic E-state index is -0.624. The smallest absolute Gasteiger partial charge is 0.342 e. The van der Waals surface area contributed by atoms with Crippen LogP contribution >= 0.6 is 0 Å². The first kappa shape index (κ1) is 18.3. The largest absolute Gasteiger partial charge is 0.467 e. The minimum Gasteiger partial charge on any atom is -0.467 e. The van der Waals surface area contributed by atoms with Gasteiger partial charge in [-0.1, -0.05) is 30.3 Å². The van der Waals surface area contributed by atoms with Crippen LogP contribution in [-0.4, -0.2) is 30.4 Å². The number of furan rings is 1. The summed E-state index contributed by atoms with van der Waals surface area (Å²) in [5.74, 6) is 0.665. The van der Waals surface area contributed by atoms with E-state index in [-0.39, 0.29) is 18.1 Å². The number of carbonyl (C=O) groups is 2. The van der Waals surface area contributed by atoms with Gasteiger partial charge in [-0.3, -0.25) is 4.79 Å².